The summed E-state index contributed by atoms with van der Waals surface area (Å²) in [6, 6.07) is 5.99. The van der Waals surface area contributed by atoms with E-state index in [1.54, 1.807) is 4.90 Å². The standard InChI is InChI=1S/C19H27NO3/c1-12(2)10-19(18(22)23-6)11-20(17(21)15(19)5)16-13(3)8-7-9-14(16)4/h7-9,12,15H,10-11H2,1-6H3/t15?,19-/m1/s1. The number of rotatable bonds is 4. The third-order valence-electron chi connectivity index (χ3n) is 4.98. The maximum absolute atomic E-state index is 12.9. The minimum absolute atomic E-state index is 0.00782. The number of ether oxygens (including phenoxy) is 1. The molecule has 4 nitrogen and oxygen atoms in total. The molecular weight excluding hydrogens is 290 g/mol. The molecule has 1 aromatic carbocycles. The molecule has 0 aliphatic carbocycles. The molecule has 1 saturated heterocycles. The zero-order valence-electron chi connectivity index (χ0n) is 15.0. The minimum atomic E-state index is -0.769. The molecule has 0 saturated carbocycles. The quantitative estimate of drug-likeness (QED) is 0.799. The van der Waals surface area contributed by atoms with Gasteiger partial charge in [-0.1, -0.05) is 39.0 Å². The molecule has 2 atom stereocenters. The van der Waals surface area contributed by atoms with Gasteiger partial charge >= 0.3 is 5.97 Å². The van der Waals surface area contributed by atoms with E-state index in [0.717, 1.165) is 16.8 Å². The van der Waals surface area contributed by atoms with Crippen LogP contribution in [0, 0.1) is 31.1 Å². The highest BCUT2D eigenvalue weighted by Crippen LogP contribution is 2.45. The Kier molecular flexibility index (Phi) is 4.83. The van der Waals surface area contributed by atoms with Crippen molar-refractivity contribution >= 4 is 17.6 Å². The van der Waals surface area contributed by atoms with Gasteiger partial charge in [-0.25, -0.2) is 0 Å². The number of carbonyl (C=O) groups excluding carboxylic acids is 2. The van der Waals surface area contributed by atoms with Gasteiger partial charge in [0.05, 0.1) is 18.4 Å². The van der Waals surface area contributed by atoms with Crippen molar-refractivity contribution in [2.45, 2.75) is 41.0 Å². The summed E-state index contributed by atoms with van der Waals surface area (Å²) >= 11 is 0. The topological polar surface area (TPSA) is 46.6 Å². The second-order valence-corrected chi connectivity index (χ2v) is 7.13. The molecule has 0 spiro atoms. The summed E-state index contributed by atoms with van der Waals surface area (Å²) in [6.07, 6.45) is 0.647. The van der Waals surface area contributed by atoms with Gasteiger partial charge in [-0.3, -0.25) is 9.59 Å². The van der Waals surface area contributed by atoms with Crippen LogP contribution < -0.4 is 4.90 Å². The summed E-state index contributed by atoms with van der Waals surface area (Å²) in [5.41, 5.74) is 2.26. The number of amides is 1. The second-order valence-electron chi connectivity index (χ2n) is 7.13. The summed E-state index contributed by atoms with van der Waals surface area (Å²) in [7, 11) is 1.41. The Bertz CT molecular complexity index is 603. The van der Waals surface area contributed by atoms with Gasteiger partial charge < -0.3 is 9.64 Å². The first kappa shape index (κ1) is 17.5. The van der Waals surface area contributed by atoms with Gasteiger partial charge in [0.2, 0.25) is 5.91 Å². The van der Waals surface area contributed by atoms with Crippen LogP contribution in [0.1, 0.15) is 38.3 Å². The molecule has 1 aromatic rings. The summed E-state index contributed by atoms with van der Waals surface area (Å²) in [6.45, 7) is 10.4. The highest BCUT2D eigenvalue weighted by Gasteiger charge is 2.56. The Morgan fingerprint density at radius 2 is 1.91 bits per heavy atom. The van der Waals surface area contributed by atoms with Crippen LogP contribution >= 0.6 is 0 Å². The SMILES string of the molecule is COC(=O)[C@]1(CC(C)C)CN(c2c(C)cccc2C)C(=O)C1C. The number of hydrogen-bond acceptors (Lipinski definition) is 3. The summed E-state index contributed by atoms with van der Waals surface area (Å²) < 4.78 is 5.08. The summed E-state index contributed by atoms with van der Waals surface area (Å²) in [4.78, 5) is 27.3. The lowest BCUT2D eigenvalue weighted by atomic mass is 9.73. The zero-order chi connectivity index (χ0) is 17.4. The summed E-state index contributed by atoms with van der Waals surface area (Å²) in [5, 5.41) is 0. The van der Waals surface area contributed by atoms with Gasteiger partial charge in [-0.05, 0) is 37.3 Å². The van der Waals surface area contributed by atoms with Gasteiger partial charge in [-0.15, -0.1) is 0 Å². The number of nitrogens with zero attached hydrogens (tertiary/aromatic N) is 1. The van der Waals surface area contributed by atoms with Crippen molar-refractivity contribution in [1.82, 2.24) is 0 Å². The Balaban J connectivity index is 2.51. The van der Waals surface area contributed by atoms with E-state index in [-0.39, 0.29) is 17.8 Å². The number of esters is 1. The fourth-order valence-corrected chi connectivity index (χ4v) is 3.89. The molecule has 0 bridgehead atoms. The van der Waals surface area contributed by atoms with Crippen molar-refractivity contribution in [2.75, 3.05) is 18.6 Å². The average Bonchev–Trinajstić information content (AvgIpc) is 2.72. The molecule has 23 heavy (non-hydrogen) atoms. The minimum Gasteiger partial charge on any atom is -0.469 e. The van der Waals surface area contributed by atoms with Crippen LogP contribution in [0.2, 0.25) is 0 Å². The number of aryl methyl sites for hydroxylation is 2. The van der Waals surface area contributed by atoms with Crippen LogP contribution in [0.25, 0.3) is 0 Å². The lowest BCUT2D eigenvalue weighted by Crippen LogP contribution is -2.40. The third-order valence-corrected chi connectivity index (χ3v) is 4.98. The van der Waals surface area contributed by atoms with E-state index in [1.807, 2.05) is 39.0 Å². The number of hydrogen-bond donors (Lipinski definition) is 0. The molecule has 1 aliphatic rings. The van der Waals surface area contributed by atoms with E-state index in [4.69, 9.17) is 4.74 Å². The molecule has 2 rings (SSSR count). The average molecular weight is 317 g/mol. The van der Waals surface area contributed by atoms with Crippen molar-refractivity contribution in [3.8, 4) is 0 Å². The number of benzene rings is 1. The lowest BCUT2D eigenvalue weighted by molar-refractivity contribution is -0.156. The first-order valence-electron chi connectivity index (χ1n) is 8.20. The largest absolute Gasteiger partial charge is 0.469 e. The lowest BCUT2D eigenvalue weighted by Gasteiger charge is -2.30. The highest BCUT2D eigenvalue weighted by atomic mass is 16.5. The molecule has 1 unspecified atom stereocenters. The first-order chi connectivity index (χ1) is 10.7. The van der Waals surface area contributed by atoms with Gasteiger partial charge in [-0.2, -0.15) is 0 Å². The third kappa shape index (κ3) is 2.87. The van der Waals surface area contributed by atoms with Crippen molar-refractivity contribution in [3.05, 3.63) is 29.3 Å². The Morgan fingerprint density at radius 3 is 2.39 bits per heavy atom. The van der Waals surface area contributed by atoms with E-state index in [1.165, 1.54) is 7.11 Å². The molecule has 1 heterocycles. The molecule has 1 fully saturated rings. The zero-order valence-corrected chi connectivity index (χ0v) is 15.0. The van der Waals surface area contributed by atoms with Gasteiger partial charge in [0.15, 0.2) is 0 Å². The molecule has 0 radical (unpaired) electrons. The van der Waals surface area contributed by atoms with Crippen molar-refractivity contribution in [2.24, 2.45) is 17.3 Å². The van der Waals surface area contributed by atoms with Crippen molar-refractivity contribution in [1.29, 1.82) is 0 Å². The normalized spacial score (nSPS) is 24.4. The number of methoxy groups -OCH3 is 1. The van der Waals surface area contributed by atoms with Crippen molar-refractivity contribution < 1.29 is 14.3 Å². The van der Waals surface area contributed by atoms with E-state index in [0.29, 0.717) is 18.9 Å². The number of para-hydroxylation sites is 1. The van der Waals surface area contributed by atoms with Gasteiger partial charge in [0.1, 0.15) is 0 Å². The van der Waals surface area contributed by atoms with Crippen LogP contribution in [0.3, 0.4) is 0 Å². The second kappa shape index (κ2) is 6.34. The Hall–Kier alpha value is -1.84. The Morgan fingerprint density at radius 1 is 1.35 bits per heavy atom. The van der Waals surface area contributed by atoms with E-state index >= 15 is 0 Å². The highest BCUT2D eigenvalue weighted by molar-refractivity contribution is 6.03. The molecule has 1 amide bonds. The predicted octanol–water partition coefficient (Wildman–Crippen LogP) is 3.49. The smallest absolute Gasteiger partial charge is 0.314 e. The maximum Gasteiger partial charge on any atom is 0.314 e. The van der Waals surface area contributed by atoms with E-state index in [9.17, 15) is 9.59 Å². The molecule has 126 valence electrons. The van der Waals surface area contributed by atoms with Crippen molar-refractivity contribution in [3.63, 3.8) is 0 Å². The van der Waals surface area contributed by atoms with Crippen LogP contribution in [0.4, 0.5) is 5.69 Å². The monoisotopic (exact) mass is 317 g/mol. The summed E-state index contributed by atoms with van der Waals surface area (Å²) in [5.74, 6) is -0.340. The van der Waals surface area contributed by atoms with Crippen LogP contribution in [0.5, 0.6) is 0 Å². The molecule has 0 N–H and O–H groups in total. The predicted molar refractivity (Wildman–Crippen MR) is 91.3 cm³/mol. The fourth-order valence-electron chi connectivity index (χ4n) is 3.89. The molecule has 4 heteroatoms. The van der Waals surface area contributed by atoms with Crippen LogP contribution in [-0.2, 0) is 14.3 Å². The molecular formula is C19H27NO3. The molecule has 0 aromatic heterocycles. The fraction of sp³-hybridized carbons (Fsp3) is 0.579. The number of anilines is 1. The van der Waals surface area contributed by atoms with Crippen LogP contribution in [0.15, 0.2) is 18.2 Å². The molecule has 1 aliphatic heterocycles. The van der Waals surface area contributed by atoms with Gasteiger partial charge in [0.25, 0.3) is 0 Å². The van der Waals surface area contributed by atoms with Gasteiger partial charge in [0, 0.05) is 12.2 Å². The first-order valence-corrected chi connectivity index (χ1v) is 8.20. The van der Waals surface area contributed by atoms with Crippen LogP contribution in [-0.4, -0.2) is 25.5 Å². The van der Waals surface area contributed by atoms with E-state index < -0.39 is 5.41 Å². The Labute approximate surface area is 138 Å². The maximum atomic E-state index is 12.9. The van der Waals surface area contributed by atoms with E-state index in [2.05, 4.69) is 13.8 Å². The number of carbonyl (C=O) groups is 2.